The van der Waals surface area contributed by atoms with E-state index in [1.54, 1.807) is 6.92 Å². The number of carbonyl (C=O) groups excluding carboxylic acids is 1. The van der Waals surface area contributed by atoms with Crippen LogP contribution in [-0.2, 0) is 14.8 Å². The Morgan fingerprint density at radius 2 is 1.96 bits per heavy atom. The molecule has 0 fully saturated rings. The minimum atomic E-state index is -3.99. The van der Waals surface area contributed by atoms with Crippen LogP contribution in [0.15, 0.2) is 41.3 Å². The fraction of sp³-hybridized carbons (Fsp3) is 0.125. The predicted octanol–water partition coefficient (Wildman–Crippen LogP) is 2.73. The number of anilines is 2. The maximum absolute atomic E-state index is 12.6. The number of fused-ring (bicyclic) bond motifs is 1. The van der Waals surface area contributed by atoms with Crippen LogP contribution in [0.4, 0.5) is 11.4 Å². The summed E-state index contributed by atoms with van der Waals surface area (Å²) in [5.41, 5.74) is 1.01. The summed E-state index contributed by atoms with van der Waals surface area (Å²) in [6.45, 7) is 1.55. The number of nitrogens with one attached hydrogen (secondary N) is 2. The second-order valence-electron chi connectivity index (χ2n) is 5.32. The molecule has 0 bridgehead atoms. The molecule has 128 valence electrons. The SMILES string of the molecule is CC1Oc2cc(S(=O)(=O)Nc3ccc(C#N)cc3)c(Cl)cc2NC1=O. The molecule has 0 radical (unpaired) electrons. The molecule has 2 aromatic rings. The molecule has 1 atom stereocenters. The van der Waals surface area contributed by atoms with Gasteiger partial charge >= 0.3 is 0 Å². The molecule has 7 nitrogen and oxygen atoms in total. The third kappa shape index (κ3) is 3.38. The summed E-state index contributed by atoms with van der Waals surface area (Å²) in [5, 5.41) is 11.3. The molecule has 0 aliphatic carbocycles. The van der Waals surface area contributed by atoms with Gasteiger partial charge in [0.1, 0.15) is 10.6 Å². The largest absolute Gasteiger partial charge is 0.479 e. The van der Waals surface area contributed by atoms with E-state index in [2.05, 4.69) is 10.0 Å². The van der Waals surface area contributed by atoms with Gasteiger partial charge in [0, 0.05) is 11.8 Å². The van der Waals surface area contributed by atoms with Crippen LogP contribution >= 0.6 is 11.6 Å². The van der Waals surface area contributed by atoms with E-state index < -0.39 is 16.1 Å². The number of halogens is 1. The minimum absolute atomic E-state index is 0.0571. The van der Waals surface area contributed by atoms with Crippen LogP contribution in [0.1, 0.15) is 12.5 Å². The Morgan fingerprint density at radius 3 is 2.60 bits per heavy atom. The maximum atomic E-state index is 12.6. The lowest BCUT2D eigenvalue weighted by Crippen LogP contribution is -2.34. The Kier molecular flexibility index (Phi) is 4.29. The van der Waals surface area contributed by atoms with E-state index in [4.69, 9.17) is 21.6 Å². The summed E-state index contributed by atoms with van der Waals surface area (Å²) < 4.78 is 33.0. The van der Waals surface area contributed by atoms with Gasteiger partial charge in [-0.2, -0.15) is 5.26 Å². The Labute approximate surface area is 149 Å². The maximum Gasteiger partial charge on any atom is 0.265 e. The molecule has 9 heteroatoms. The predicted molar refractivity (Wildman–Crippen MR) is 92.1 cm³/mol. The molecular formula is C16H12ClN3O4S. The second-order valence-corrected chi connectivity index (χ2v) is 7.38. The molecule has 1 amide bonds. The van der Waals surface area contributed by atoms with Gasteiger partial charge in [0.2, 0.25) is 0 Å². The average Bonchev–Trinajstić information content (AvgIpc) is 2.56. The van der Waals surface area contributed by atoms with Crippen LogP contribution in [-0.4, -0.2) is 20.4 Å². The van der Waals surface area contributed by atoms with Crippen LogP contribution in [0.5, 0.6) is 5.75 Å². The fourth-order valence-corrected chi connectivity index (χ4v) is 3.84. The molecule has 1 heterocycles. The van der Waals surface area contributed by atoms with Gasteiger partial charge in [0.15, 0.2) is 6.10 Å². The van der Waals surface area contributed by atoms with Crippen molar-refractivity contribution in [1.29, 1.82) is 5.26 Å². The molecule has 2 aromatic carbocycles. The van der Waals surface area contributed by atoms with Crippen molar-refractivity contribution >= 4 is 38.9 Å². The molecule has 1 aliphatic heterocycles. The van der Waals surface area contributed by atoms with E-state index in [-0.39, 0.29) is 27.3 Å². The van der Waals surface area contributed by atoms with Crippen LogP contribution in [0.3, 0.4) is 0 Å². The first kappa shape index (κ1) is 17.1. The van der Waals surface area contributed by atoms with Gasteiger partial charge in [-0.25, -0.2) is 8.42 Å². The number of benzene rings is 2. The zero-order valence-corrected chi connectivity index (χ0v) is 14.5. The molecule has 0 saturated heterocycles. The fourth-order valence-electron chi connectivity index (χ4n) is 2.24. The van der Waals surface area contributed by atoms with Crippen molar-refractivity contribution < 1.29 is 17.9 Å². The zero-order valence-electron chi connectivity index (χ0n) is 12.9. The van der Waals surface area contributed by atoms with Gasteiger partial charge in [-0.1, -0.05) is 11.6 Å². The highest BCUT2D eigenvalue weighted by molar-refractivity contribution is 7.92. The smallest absolute Gasteiger partial charge is 0.265 e. The van der Waals surface area contributed by atoms with E-state index in [1.807, 2.05) is 6.07 Å². The first-order chi connectivity index (χ1) is 11.8. The van der Waals surface area contributed by atoms with Crippen molar-refractivity contribution in [2.45, 2.75) is 17.9 Å². The summed E-state index contributed by atoms with van der Waals surface area (Å²) in [6.07, 6.45) is -0.740. The number of hydrogen-bond donors (Lipinski definition) is 2. The Hall–Kier alpha value is -2.76. The molecule has 1 aliphatic rings. The first-order valence-electron chi connectivity index (χ1n) is 7.14. The lowest BCUT2D eigenvalue weighted by atomic mass is 10.2. The third-order valence-corrected chi connectivity index (χ3v) is 5.37. The zero-order chi connectivity index (χ0) is 18.2. The highest BCUT2D eigenvalue weighted by atomic mass is 35.5. The molecule has 0 spiro atoms. The topological polar surface area (TPSA) is 108 Å². The van der Waals surface area contributed by atoms with Gasteiger partial charge in [0.05, 0.1) is 22.3 Å². The number of nitriles is 1. The van der Waals surface area contributed by atoms with E-state index >= 15 is 0 Å². The Bertz CT molecular complexity index is 997. The summed E-state index contributed by atoms with van der Waals surface area (Å²) in [7, 11) is -3.99. The summed E-state index contributed by atoms with van der Waals surface area (Å²) >= 11 is 6.07. The highest BCUT2D eigenvalue weighted by Gasteiger charge is 2.28. The van der Waals surface area contributed by atoms with E-state index in [0.29, 0.717) is 11.3 Å². The Balaban J connectivity index is 1.95. The van der Waals surface area contributed by atoms with Gasteiger partial charge in [-0.15, -0.1) is 0 Å². The van der Waals surface area contributed by atoms with Crippen LogP contribution in [0.25, 0.3) is 0 Å². The number of sulfonamides is 1. The molecule has 3 rings (SSSR count). The van der Waals surface area contributed by atoms with Crippen molar-refractivity contribution in [1.82, 2.24) is 0 Å². The quantitative estimate of drug-likeness (QED) is 0.854. The van der Waals surface area contributed by atoms with E-state index in [9.17, 15) is 13.2 Å². The monoisotopic (exact) mass is 377 g/mol. The summed E-state index contributed by atoms with van der Waals surface area (Å²) in [4.78, 5) is 11.4. The molecule has 0 aromatic heterocycles. The average molecular weight is 378 g/mol. The van der Waals surface area contributed by atoms with E-state index in [1.165, 1.54) is 36.4 Å². The third-order valence-electron chi connectivity index (χ3n) is 3.52. The lowest BCUT2D eigenvalue weighted by Gasteiger charge is -2.24. The minimum Gasteiger partial charge on any atom is -0.479 e. The number of hydrogen-bond acceptors (Lipinski definition) is 5. The van der Waals surface area contributed by atoms with Crippen LogP contribution in [0.2, 0.25) is 5.02 Å². The number of rotatable bonds is 3. The molecule has 1 unspecified atom stereocenters. The van der Waals surface area contributed by atoms with E-state index in [0.717, 1.165) is 0 Å². The van der Waals surface area contributed by atoms with Crippen LogP contribution < -0.4 is 14.8 Å². The van der Waals surface area contributed by atoms with Crippen molar-refractivity contribution in [3.8, 4) is 11.8 Å². The highest BCUT2D eigenvalue weighted by Crippen LogP contribution is 2.37. The number of nitrogens with zero attached hydrogens (tertiary/aromatic N) is 1. The van der Waals surface area contributed by atoms with Gasteiger partial charge in [-0.3, -0.25) is 9.52 Å². The molecule has 2 N–H and O–H groups in total. The second kappa shape index (κ2) is 6.27. The molecule has 0 saturated carbocycles. The summed E-state index contributed by atoms with van der Waals surface area (Å²) in [5.74, 6) is -0.119. The molecule has 25 heavy (non-hydrogen) atoms. The van der Waals surface area contributed by atoms with Crippen molar-refractivity contribution in [3.63, 3.8) is 0 Å². The lowest BCUT2D eigenvalue weighted by molar-refractivity contribution is -0.122. The van der Waals surface area contributed by atoms with Gasteiger partial charge in [-0.05, 0) is 37.3 Å². The number of amides is 1. The van der Waals surface area contributed by atoms with Gasteiger partial charge in [0.25, 0.3) is 15.9 Å². The Morgan fingerprint density at radius 1 is 1.28 bits per heavy atom. The normalized spacial score (nSPS) is 16.2. The number of carbonyl (C=O) groups is 1. The van der Waals surface area contributed by atoms with Crippen molar-refractivity contribution in [2.75, 3.05) is 10.0 Å². The van der Waals surface area contributed by atoms with Crippen molar-refractivity contribution in [3.05, 3.63) is 47.0 Å². The molecular weight excluding hydrogens is 366 g/mol. The standard InChI is InChI=1S/C16H12ClN3O4S/c1-9-16(21)19-13-6-12(17)15(7-14(13)24-9)25(22,23)20-11-4-2-10(8-18)3-5-11/h2-7,9,20H,1H3,(H,19,21). The van der Waals surface area contributed by atoms with Gasteiger partial charge < -0.3 is 10.1 Å². The van der Waals surface area contributed by atoms with Crippen molar-refractivity contribution in [2.24, 2.45) is 0 Å². The first-order valence-corrected chi connectivity index (χ1v) is 9.00. The van der Waals surface area contributed by atoms with Crippen LogP contribution in [0, 0.1) is 11.3 Å². The number of ether oxygens (including phenoxy) is 1. The summed E-state index contributed by atoms with van der Waals surface area (Å²) in [6, 6.07) is 10.5.